The first kappa shape index (κ1) is 65.9. The van der Waals surface area contributed by atoms with Crippen molar-refractivity contribution >= 4 is 11.9 Å². The molecule has 0 radical (unpaired) electrons. The molecule has 400 valence electrons. The van der Waals surface area contributed by atoms with Gasteiger partial charge in [-0.15, -0.1) is 0 Å². The standard InChI is InChI=1S/C61H121NO5/c1-4-7-10-13-16-19-22-25-27-29-30-32-34-36-39-42-45-48-51-54-61(66)67-57(52-49-46-43-40-37-24-21-18-15-12-9-6-3)55-60(65)62-58(56-63)59(64)53-50-47-44-41-38-35-33-31-28-26-23-20-17-14-11-8-5-2/h57-59,63-64H,4-56H2,1-3H3,(H,62,65). The van der Waals surface area contributed by atoms with E-state index in [-0.39, 0.29) is 24.9 Å². The predicted molar refractivity (Wildman–Crippen MR) is 292 cm³/mol. The van der Waals surface area contributed by atoms with Gasteiger partial charge in [-0.3, -0.25) is 9.59 Å². The first-order chi connectivity index (χ1) is 33.0. The van der Waals surface area contributed by atoms with Crippen LogP contribution in [0.25, 0.3) is 0 Å². The van der Waals surface area contributed by atoms with E-state index in [1.807, 2.05) is 0 Å². The average Bonchev–Trinajstić information content (AvgIpc) is 3.32. The van der Waals surface area contributed by atoms with Gasteiger partial charge in [0.25, 0.3) is 0 Å². The maximum absolute atomic E-state index is 13.3. The number of aliphatic hydroxyl groups is 2. The third-order valence-electron chi connectivity index (χ3n) is 14.7. The molecule has 0 aliphatic rings. The van der Waals surface area contributed by atoms with E-state index < -0.39 is 18.2 Å². The third kappa shape index (κ3) is 51.0. The fraction of sp³-hybridized carbons (Fsp3) is 0.967. The van der Waals surface area contributed by atoms with Gasteiger partial charge in [-0.1, -0.05) is 316 Å². The Balaban J connectivity index is 4.38. The lowest BCUT2D eigenvalue weighted by Gasteiger charge is -2.24. The van der Waals surface area contributed by atoms with Gasteiger partial charge in [0.1, 0.15) is 6.10 Å². The molecule has 0 bridgehead atoms. The highest BCUT2D eigenvalue weighted by molar-refractivity contribution is 5.77. The van der Waals surface area contributed by atoms with Crippen LogP contribution in [-0.4, -0.2) is 46.9 Å². The number of ether oxygens (including phenoxy) is 1. The van der Waals surface area contributed by atoms with Crippen LogP contribution in [0.2, 0.25) is 0 Å². The van der Waals surface area contributed by atoms with Crippen LogP contribution in [-0.2, 0) is 14.3 Å². The normalized spacial score (nSPS) is 13.0. The highest BCUT2D eigenvalue weighted by Crippen LogP contribution is 2.20. The Morgan fingerprint density at radius 2 is 0.627 bits per heavy atom. The number of unbranched alkanes of at least 4 members (excludes halogenated alkanes) is 45. The highest BCUT2D eigenvalue weighted by Gasteiger charge is 2.24. The molecule has 6 nitrogen and oxygen atoms in total. The molecule has 0 fully saturated rings. The second kappa shape index (κ2) is 55.8. The van der Waals surface area contributed by atoms with E-state index in [2.05, 4.69) is 26.1 Å². The molecule has 3 unspecified atom stereocenters. The summed E-state index contributed by atoms with van der Waals surface area (Å²) in [6.07, 6.45) is 63.2. The molecule has 0 heterocycles. The van der Waals surface area contributed by atoms with Gasteiger partial charge in [0.05, 0.1) is 25.2 Å². The van der Waals surface area contributed by atoms with E-state index in [0.717, 1.165) is 38.5 Å². The van der Waals surface area contributed by atoms with E-state index in [1.165, 1.54) is 270 Å². The van der Waals surface area contributed by atoms with Crippen LogP contribution in [0.1, 0.15) is 355 Å². The zero-order valence-electron chi connectivity index (χ0n) is 45.8. The van der Waals surface area contributed by atoms with Crippen LogP contribution in [0.5, 0.6) is 0 Å². The summed E-state index contributed by atoms with van der Waals surface area (Å²) < 4.78 is 5.98. The van der Waals surface area contributed by atoms with Crippen molar-refractivity contribution in [1.82, 2.24) is 5.32 Å². The molecule has 0 aliphatic carbocycles. The van der Waals surface area contributed by atoms with Gasteiger partial charge in [0.15, 0.2) is 0 Å². The van der Waals surface area contributed by atoms with Crippen molar-refractivity contribution in [1.29, 1.82) is 0 Å². The molecule has 3 atom stereocenters. The van der Waals surface area contributed by atoms with Crippen LogP contribution < -0.4 is 5.32 Å². The number of carbonyl (C=O) groups excluding carboxylic acids is 2. The minimum Gasteiger partial charge on any atom is -0.462 e. The number of aliphatic hydroxyl groups excluding tert-OH is 2. The quantitative estimate of drug-likeness (QED) is 0.0417. The SMILES string of the molecule is CCCCCCCCCCCCCCCCCCCCCC(=O)OC(CCCCCCCCCCCCCC)CC(=O)NC(CO)C(O)CCCCCCCCCCCCCCCCCCC. The number of hydrogen-bond acceptors (Lipinski definition) is 5. The topological polar surface area (TPSA) is 95.9 Å². The molecule has 0 spiro atoms. The fourth-order valence-electron chi connectivity index (χ4n) is 10.0. The number of amides is 1. The minimum atomic E-state index is -0.781. The lowest BCUT2D eigenvalue weighted by molar-refractivity contribution is -0.151. The van der Waals surface area contributed by atoms with E-state index in [4.69, 9.17) is 4.74 Å². The Bertz CT molecular complexity index is 975. The molecule has 0 aromatic carbocycles. The van der Waals surface area contributed by atoms with Crippen molar-refractivity contribution in [2.45, 2.75) is 373 Å². The highest BCUT2D eigenvalue weighted by atomic mass is 16.5. The number of esters is 1. The van der Waals surface area contributed by atoms with Gasteiger partial charge < -0.3 is 20.3 Å². The van der Waals surface area contributed by atoms with Crippen LogP contribution in [0.15, 0.2) is 0 Å². The van der Waals surface area contributed by atoms with Gasteiger partial charge in [-0.25, -0.2) is 0 Å². The first-order valence-electron chi connectivity index (χ1n) is 30.8. The Morgan fingerprint density at radius 3 is 0.910 bits per heavy atom. The second-order valence-corrected chi connectivity index (χ2v) is 21.5. The smallest absolute Gasteiger partial charge is 0.306 e. The van der Waals surface area contributed by atoms with Crippen molar-refractivity contribution in [3.8, 4) is 0 Å². The maximum atomic E-state index is 13.3. The third-order valence-corrected chi connectivity index (χ3v) is 14.7. The van der Waals surface area contributed by atoms with Crippen molar-refractivity contribution in [3.63, 3.8) is 0 Å². The van der Waals surface area contributed by atoms with Crippen molar-refractivity contribution < 1.29 is 24.5 Å². The fourth-order valence-corrected chi connectivity index (χ4v) is 10.0. The van der Waals surface area contributed by atoms with Gasteiger partial charge in [-0.05, 0) is 25.7 Å². The molecule has 0 saturated carbocycles. The molecule has 0 aromatic heterocycles. The number of rotatable bonds is 57. The van der Waals surface area contributed by atoms with E-state index in [0.29, 0.717) is 19.3 Å². The summed E-state index contributed by atoms with van der Waals surface area (Å²) in [6, 6.07) is -0.693. The summed E-state index contributed by atoms with van der Waals surface area (Å²) in [5.41, 5.74) is 0. The molecular formula is C61H121NO5. The first-order valence-corrected chi connectivity index (χ1v) is 30.8. The molecule has 1 amide bonds. The van der Waals surface area contributed by atoms with E-state index in [1.54, 1.807) is 0 Å². The van der Waals surface area contributed by atoms with Crippen molar-refractivity contribution in [2.75, 3.05) is 6.61 Å². The van der Waals surface area contributed by atoms with Crippen LogP contribution >= 0.6 is 0 Å². The molecule has 3 N–H and O–H groups in total. The Kier molecular flexibility index (Phi) is 54.8. The summed E-state index contributed by atoms with van der Waals surface area (Å²) in [5.74, 6) is -0.443. The van der Waals surface area contributed by atoms with E-state index in [9.17, 15) is 19.8 Å². The maximum Gasteiger partial charge on any atom is 0.306 e. The summed E-state index contributed by atoms with van der Waals surface area (Å²) in [4.78, 5) is 26.3. The van der Waals surface area contributed by atoms with Crippen LogP contribution in [0.3, 0.4) is 0 Å². The molecule has 6 heteroatoms. The molecule has 0 rings (SSSR count). The predicted octanol–water partition coefficient (Wildman–Crippen LogP) is 19.1. The van der Waals surface area contributed by atoms with Gasteiger partial charge in [-0.2, -0.15) is 0 Å². The minimum absolute atomic E-state index is 0.0886. The van der Waals surface area contributed by atoms with E-state index >= 15 is 0 Å². The van der Waals surface area contributed by atoms with Crippen LogP contribution in [0, 0.1) is 0 Å². The van der Waals surface area contributed by atoms with Gasteiger partial charge >= 0.3 is 5.97 Å². The largest absolute Gasteiger partial charge is 0.462 e. The molecule has 0 aromatic rings. The summed E-state index contributed by atoms with van der Waals surface area (Å²) in [7, 11) is 0. The number of nitrogens with one attached hydrogen (secondary N) is 1. The van der Waals surface area contributed by atoms with Gasteiger partial charge in [0.2, 0.25) is 5.91 Å². The summed E-state index contributed by atoms with van der Waals surface area (Å²) >= 11 is 0. The molecule has 0 saturated heterocycles. The Hall–Kier alpha value is -1.14. The van der Waals surface area contributed by atoms with Crippen LogP contribution in [0.4, 0.5) is 0 Å². The lowest BCUT2D eigenvalue weighted by atomic mass is 10.0. The number of carbonyl (C=O) groups is 2. The zero-order valence-corrected chi connectivity index (χ0v) is 45.8. The molecule has 67 heavy (non-hydrogen) atoms. The number of hydrogen-bond donors (Lipinski definition) is 3. The lowest BCUT2D eigenvalue weighted by Crippen LogP contribution is -2.46. The monoisotopic (exact) mass is 948 g/mol. The van der Waals surface area contributed by atoms with Crippen molar-refractivity contribution in [2.24, 2.45) is 0 Å². The Morgan fingerprint density at radius 1 is 0.373 bits per heavy atom. The summed E-state index contributed by atoms with van der Waals surface area (Å²) in [6.45, 7) is 6.55. The molecular weight excluding hydrogens is 827 g/mol. The summed E-state index contributed by atoms with van der Waals surface area (Å²) in [5, 5.41) is 23.9. The second-order valence-electron chi connectivity index (χ2n) is 21.5. The van der Waals surface area contributed by atoms with Crippen molar-refractivity contribution in [3.05, 3.63) is 0 Å². The van der Waals surface area contributed by atoms with Gasteiger partial charge in [0, 0.05) is 6.42 Å². The molecule has 0 aliphatic heterocycles. The zero-order chi connectivity index (χ0) is 48.8. The average molecular weight is 949 g/mol. The Labute approximate surface area is 419 Å².